The van der Waals surface area contributed by atoms with Crippen LogP contribution in [0.4, 0.5) is 10.5 Å². The first-order chi connectivity index (χ1) is 11.0. The Labute approximate surface area is 138 Å². The molecule has 0 unspecified atom stereocenters. The number of anilines is 1. The van der Waals surface area contributed by atoms with Crippen LogP contribution in [0, 0.1) is 12.8 Å². The number of thiophene rings is 1. The van der Waals surface area contributed by atoms with Crippen molar-refractivity contribution in [3.05, 3.63) is 51.7 Å². The minimum absolute atomic E-state index is 0.0833. The van der Waals surface area contributed by atoms with E-state index in [0.29, 0.717) is 18.2 Å². The Kier molecular flexibility index (Phi) is 4.34. The number of primary amides is 1. The highest BCUT2D eigenvalue weighted by Crippen LogP contribution is 2.49. The summed E-state index contributed by atoms with van der Waals surface area (Å²) in [5, 5.41) is 5.50. The molecule has 0 radical (unpaired) electrons. The number of aryl methyl sites for hydroxylation is 1. The SMILES string of the molecule is Cc1ccc([C@H]2C[C@@H]2C(=O)NCc2cccc(NC(N)=O)c2)s1. The average Bonchev–Trinajstić information content (AvgIpc) is 3.19. The number of nitrogens with one attached hydrogen (secondary N) is 2. The molecule has 2 atom stereocenters. The van der Waals surface area contributed by atoms with E-state index in [2.05, 4.69) is 29.7 Å². The van der Waals surface area contributed by atoms with E-state index in [0.717, 1.165) is 12.0 Å². The van der Waals surface area contributed by atoms with Gasteiger partial charge in [-0.05, 0) is 43.2 Å². The Morgan fingerprint density at radius 2 is 2.13 bits per heavy atom. The quantitative estimate of drug-likeness (QED) is 0.788. The van der Waals surface area contributed by atoms with E-state index in [1.807, 2.05) is 12.1 Å². The topological polar surface area (TPSA) is 84.2 Å². The molecule has 1 aromatic heterocycles. The van der Waals surface area contributed by atoms with Gasteiger partial charge in [0, 0.05) is 33.8 Å². The number of hydrogen-bond donors (Lipinski definition) is 3. The lowest BCUT2D eigenvalue weighted by molar-refractivity contribution is -0.122. The summed E-state index contributed by atoms with van der Waals surface area (Å²) < 4.78 is 0. The molecule has 1 aliphatic rings. The van der Waals surface area contributed by atoms with E-state index >= 15 is 0 Å². The lowest BCUT2D eigenvalue weighted by Gasteiger charge is -2.07. The van der Waals surface area contributed by atoms with Crippen LogP contribution in [-0.2, 0) is 11.3 Å². The van der Waals surface area contributed by atoms with Gasteiger partial charge in [0.15, 0.2) is 0 Å². The Morgan fingerprint density at radius 3 is 2.83 bits per heavy atom. The molecule has 0 spiro atoms. The van der Waals surface area contributed by atoms with Crippen LogP contribution >= 0.6 is 11.3 Å². The molecule has 3 rings (SSSR count). The second-order valence-electron chi connectivity index (χ2n) is 5.80. The Hall–Kier alpha value is -2.34. The van der Waals surface area contributed by atoms with Gasteiger partial charge in [0.1, 0.15) is 0 Å². The number of rotatable bonds is 5. The summed E-state index contributed by atoms with van der Waals surface area (Å²) in [4.78, 5) is 25.7. The fourth-order valence-electron chi connectivity index (χ4n) is 2.67. The van der Waals surface area contributed by atoms with Gasteiger partial charge in [-0.15, -0.1) is 11.3 Å². The van der Waals surface area contributed by atoms with Crippen LogP contribution in [0.2, 0.25) is 0 Å². The van der Waals surface area contributed by atoms with Gasteiger partial charge in [-0.1, -0.05) is 12.1 Å². The Bertz CT molecular complexity index is 741. The fraction of sp³-hybridized carbons (Fsp3) is 0.294. The van der Waals surface area contributed by atoms with Gasteiger partial charge in [0.05, 0.1) is 0 Å². The van der Waals surface area contributed by atoms with Crippen molar-refractivity contribution in [3.63, 3.8) is 0 Å². The van der Waals surface area contributed by atoms with Gasteiger partial charge in [0.25, 0.3) is 0 Å². The molecule has 1 fully saturated rings. The first-order valence-electron chi connectivity index (χ1n) is 7.52. The van der Waals surface area contributed by atoms with Crippen LogP contribution in [0.5, 0.6) is 0 Å². The molecule has 120 valence electrons. The number of urea groups is 1. The maximum absolute atomic E-state index is 12.2. The smallest absolute Gasteiger partial charge is 0.316 e. The van der Waals surface area contributed by atoms with Crippen LogP contribution in [0.1, 0.15) is 27.7 Å². The molecule has 3 amide bonds. The first-order valence-corrected chi connectivity index (χ1v) is 8.34. The van der Waals surface area contributed by atoms with Crippen molar-refractivity contribution in [2.24, 2.45) is 11.7 Å². The first kappa shape index (κ1) is 15.6. The van der Waals surface area contributed by atoms with Crippen LogP contribution in [0.15, 0.2) is 36.4 Å². The van der Waals surface area contributed by atoms with Gasteiger partial charge in [0.2, 0.25) is 5.91 Å². The molecule has 0 aliphatic heterocycles. The van der Waals surface area contributed by atoms with Crippen molar-refractivity contribution in [1.29, 1.82) is 0 Å². The predicted octanol–water partition coefficient (Wildman–Crippen LogP) is 2.97. The molecule has 5 nitrogen and oxygen atoms in total. The number of hydrogen-bond acceptors (Lipinski definition) is 3. The fourth-order valence-corrected chi connectivity index (χ4v) is 3.73. The summed E-state index contributed by atoms with van der Waals surface area (Å²) in [6.07, 6.45) is 0.926. The van der Waals surface area contributed by atoms with E-state index in [1.54, 1.807) is 23.5 Å². The monoisotopic (exact) mass is 329 g/mol. The molecule has 1 heterocycles. The van der Waals surface area contributed by atoms with Gasteiger partial charge >= 0.3 is 6.03 Å². The van der Waals surface area contributed by atoms with Crippen LogP contribution in [0.25, 0.3) is 0 Å². The van der Waals surface area contributed by atoms with Crippen molar-refractivity contribution < 1.29 is 9.59 Å². The summed E-state index contributed by atoms with van der Waals surface area (Å²) in [5.74, 6) is 0.547. The van der Waals surface area contributed by atoms with Crippen molar-refractivity contribution in [2.45, 2.75) is 25.8 Å². The number of carbonyl (C=O) groups excluding carboxylic acids is 2. The zero-order valence-corrected chi connectivity index (χ0v) is 13.7. The highest BCUT2D eigenvalue weighted by molar-refractivity contribution is 7.12. The Morgan fingerprint density at radius 1 is 1.30 bits per heavy atom. The molecule has 6 heteroatoms. The molecule has 1 aliphatic carbocycles. The average molecular weight is 329 g/mol. The van der Waals surface area contributed by atoms with E-state index in [9.17, 15) is 9.59 Å². The highest BCUT2D eigenvalue weighted by Gasteiger charge is 2.44. The molecular formula is C17H19N3O2S. The van der Waals surface area contributed by atoms with Gasteiger partial charge < -0.3 is 16.4 Å². The van der Waals surface area contributed by atoms with Gasteiger partial charge in [-0.25, -0.2) is 4.79 Å². The molecule has 0 saturated heterocycles. The standard InChI is InChI=1S/C17H19N3O2S/c1-10-5-6-15(23-10)13-8-14(13)16(21)19-9-11-3-2-4-12(7-11)20-17(18)22/h2-7,13-14H,8-9H2,1H3,(H,19,21)(H3,18,20,22)/t13-,14-/m0/s1. The van der Waals surface area contributed by atoms with Crippen LogP contribution < -0.4 is 16.4 Å². The third-order valence-electron chi connectivity index (χ3n) is 3.92. The normalized spacial score (nSPS) is 19.2. The van der Waals surface area contributed by atoms with E-state index in [4.69, 9.17) is 5.73 Å². The molecule has 0 bridgehead atoms. The Balaban J connectivity index is 1.53. The third-order valence-corrected chi connectivity index (χ3v) is 5.05. The minimum Gasteiger partial charge on any atom is -0.352 e. The van der Waals surface area contributed by atoms with Gasteiger partial charge in [-0.2, -0.15) is 0 Å². The van der Waals surface area contributed by atoms with E-state index in [1.165, 1.54) is 9.75 Å². The van der Waals surface area contributed by atoms with Crippen molar-refractivity contribution >= 4 is 29.0 Å². The highest BCUT2D eigenvalue weighted by atomic mass is 32.1. The van der Waals surface area contributed by atoms with Crippen molar-refractivity contribution in [2.75, 3.05) is 5.32 Å². The summed E-state index contributed by atoms with van der Waals surface area (Å²) >= 11 is 1.77. The number of carbonyl (C=O) groups is 2. The predicted molar refractivity (Wildman–Crippen MR) is 91.4 cm³/mol. The molecule has 23 heavy (non-hydrogen) atoms. The number of amides is 3. The zero-order chi connectivity index (χ0) is 16.4. The molecule has 4 N–H and O–H groups in total. The molecule has 1 aromatic carbocycles. The van der Waals surface area contributed by atoms with Crippen molar-refractivity contribution in [3.8, 4) is 0 Å². The number of nitrogens with two attached hydrogens (primary N) is 1. The number of benzene rings is 1. The maximum Gasteiger partial charge on any atom is 0.316 e. The molecule has 1 saturated carbocycles. The second kappa shape index (κ2) is 6.42. The lowest BCUT2D eigenvalue weighted by atomic mass is 10.2. The third kappa shape index (κ3) is 3.90. The summed E-state index contributed by atoms with van der Waals surface area (Å²) in [6.45, 7) is 2.53. The van der Waals surface area contributed by atoms with Crippen LogP contribution in [-0.4, -0.2) is 11.9 Å². The lowest BCUT2D eigenvalue weighted by Crippen LogP contribution is -2.25. The largest absolute Gasteiger partial charge is 0.352 e. The summed E-state index contributed by atoms with van der Waals surface area (Å²) in [6, 6.07) is 10.9. The zero-order valence-electron chi connectivity index (χ0n) is 12.8. The maximum atomic E-state index is 12.2. The van der Waals surface area contributed by atoms with E-state index < -0.39 is 6.03 Å². The van der Waals surface area contributed by atoms with Crippen molar-refractivity contribution in [1.82, 2.24) is 5.32 Å². The summed E-state index contributed by atoms with van der Waals surface area (Å²) in [7, 11) is 0. The van der Waals surface area contributed by atoms with Crippen LogP contribution in [0.3, 0.4) is 0 Å². The summed E-state index contributed by atoms with van der Waals surface area (Å²) in [5.41, 5.74) is 6.65. The minimum atomic E-state index is -0.599. The van der Waals surface area contributed by atoms with Gasteiger partial charge in [-0.3, -0.25) is 4.79 Å². The molecular weight excluding hydrogens is 310 g/mol. The van der Waals surface area contributed by atoms with E-state index in [-0.39, 0.29) is 11.8 Å². The second-order valence-corrected chi connectivity index (χ2v) is 7.12. The molecule has 2 aromatic rings.